The lowest BCUT2D eigenvalue weighted by molar-refractivity contribution is 0.662. The number of hydrogen-bond donors (Lipinski definition) is 1. The molecule has 1 aliphatic rings. The minimum Gasteiger partial charge on any atom is -0.399 e. The highest BCUT2D eigenvalue weighted by Crippen LogP contribution is 2.52. The molecule has 1 nitrogen and oxygen atoms in total. The number of fused-ring (bicyclic) bond motifs is 3. The summed E-state index contributed by atoms with van der Waals surface area (Å²) in [5.41, 5.74) is 14.9. The molecule has 0 aromatic heterocycles. The van der Waals surface area contributed by atoms with Crippen LogP contribution in [0.25, 0.3) is 22.3 Å². The molecular weight excluding hydrogens is 266 g/mol. The molecule has 0 radical (unpaired) electrons. The summed E-state index contributed by atoms with van der Waals surface area (Å²) in [6.07, 6.45) is 0. The quantitative estimate of drug-likeness (QED) is 0.608. The first kappa shape index (κ1) is 13.1. The van der Waals surface area contributed by atoms with Crippen molar-refractivity contribution in [2.45, 2.75) is 19.3 Å². The lowest BCUT2D eigenvalue weighted by atomic mass is 9.78. The Hall–Kier alpha value is -2.54. The van der Waals surface area contributed by atoms with Crippen LogP contribution in [0.1, 0.15) is 25.0 Å². The summed E-state index contributed by atoms with van der Waals surface area (Å²) in [7, 11) is 0. The minimum absolute atomic E-state index is 0.00913. The maximum Gasteiger partial charge on any atom is 0.0326 e. The van der Waals surface area contributed by atoms with Crippen LogP contribution in [0.3, 0.4) is 0 Å². The Balaban J connectivity index is 2.09. The van der Waals surface area contributed by atoms with Crippen LogP contribution in [0.2, 0.25) is 0 Å². The topological polar surface area (TPSA) is 26.0 Å². The van der Waals surface area contributed by atoms with Crippen molar-refractivity contribution < 1.29 is 0 Å². The Bertz CT molecular complexity index is 860. The molecular formula is C21H19N. The molecule has 3 aromatic rings. The fourth-order valence-corrected chi connectivity index (χ4v) is 3.79. The highest BCUT2D eigenvalue weighted by atomic mass is 14.6. The molecule has 0 fully saturated rings. The molecule has 4 rings (SSSR count). The van der Waals surface area contributed by atoms with Crippen LogP contribution in [-0.4, -0.2) is 0 Å². The van der Waals surface area contributed by atoms with Gasteiger partial charge in [0.15, 0.2) is 0 Å². The van der Waals surface area contributed by atoms with E-state index in [9.17, 15) is 0 Å². The summed E-state index contributed by atoms with van der Waals surface area (Å²) in [5.74, 6) is 0. The third-order valence-electron chi connectivity index (χ3n) is 4.76. The van der Waals surface area contributed by atoms with Gasteiger partial charge in [-0.25, -0.2) is 0 Å². The molecule has 1 aliphatic carbocycles. The van der Waals surface area contributed by atoms with E-state index < -0.39 is 0 Å². The second kappa shape index (κ2) is 4.48. The highest BCUT2D eigenvalue weighted by Gasteiger charge is 2.37. The van der Waals surface area contributed by atoms with Gasteiger partial charge in [-0.3, -0.25) is 0 Å². The monoisotopic (exact) mass is 285 g/mol. The molecule has 0 saturated heterocycles. The fourth-order valence-electron chi connectivity index (χ4n) is 3.79. The second-order valence-electron chi connectivity index (χ2n) is 6.53. The van der Waals surface area contributed by atoms with E-state index in [0.717, 1.165) is 5.69 Å². The van der Waals surface area contributed by atoms with Gasteiger partial charge in [0, 0.05) is 11.1 Å². The van der Waals surface area contributed by atoms with Crippen LogP contribution in [-0.2, 0) is 5.41 Å². The summed E-state index contributed by atoms with van der Waals surface area (Å²) in [5, 5.41) is 0. The van der Waals surface area contributed by atoms with E-state index in [0.29, 0.717) is 0 Å². The first-order valence-corrected chi connectivity index (χ1v) is 7.68. The van der Waals surface area contributed by atoms with Gasteiger partial charge < -0.3 is 5.73 Å². The highest BCUT2D eigenvalue weighted by molar-refractivity contribution is 5.90. The average Bonchev–Trinajstić information content (AvgIpc) is 2.76. The molecule has 0 saturated carbocycles. The van der Waals surface area contributed by atoms with E-state index in [4.69, 9.17) is 5.73 Å². The maximum absolute atomic E-state index is 6.21. The number of nitrogen functional groups attached to an aromatic ring is 1. The molecule has 22 heavy (non-hydrogen) atoms. The molecule has 0 atom stereocenters. The maximum atomic E-state index is 6.21. The van der Waals surface area contributed by atoms with E-state index in [1.165, 1.54) is 33.4 Å². The van der Waals surface area contributed by atoms with Crippen LogP contribution in [0, 0.1) is 0 Å². The van der Waals surface area contributed by atoms with Crippen molar-refractivity contribution in [2.75, 3.05) is 5.73 Å². The van der Waals surface area contributed by atoms with Gasteiger partial charge in [-0.05, 0) is 45.5 Å². The normalized spacial score (nSPS) is 14.5. The van der Waals surface area contributed by atoms with E-state index in [-0.39, 0.29) is 5.41 Å². The molecule has 0 spiro atoms. The molecule has 3 aromatic carbocycles. The van der Waals surface area contributed by atoms with Crippen LogP contribution in [0.5, 0.6) is 0 Å². The third-order valence-corrected chi connectivity index (χ3v) is 4.76. The van der Waals surface area contributed by atoms with Gasteiger partial charge in [0.2, 0.25) is 0 Å². The van der Waals surface area contributed by atoms with Gasteiger partial charge >= 0.3 is 0 Å². The molecule has 0 heterocycles. The Morgan fingerprint density at radius 3 is 2.14 bits per heavy atom. The minimum atomic E-state index is -0.00913. The number of anilines is 1. The van der Waals surface area contributed by atoms with Crippen LogP contribution in [0.4, 0.5) is 5.69 Å². The summed E-state index contributed by atoms with van der Waals surface area (Å²) >= 11 is 0. The summed E-state index contributed by atoms with van der Waals surface area (Å²) < 4.78 is 0. The molecule has 0 aliphatic heterocycles. The van der Waals surface area contributed by atoms with Gasteiger partial charge in [-0.15, -0.1) is 0 Å². The summed E-state index contributed by atoms with van der Waals surface area (Å²) in [6, 6.07) is 23.4. The van der Waals surface area contributed by atoms with Crippen molar-refractivity contribution in [3.05, 3.63) is 77.9 Å². The van der Waals surface area contributed by atoms with Crippen molar-refractivity contribution in [1.29, 1.82) is 0 Å². The van der Waals surface area contributed by atoms with E-state index in [1.54, 1.807) is 0 Å². The smallest absolute Gasteiger partial charge is 0.0326 e. The zero-order valence-electron chi connectivity index (χ0n) is 12.9. The zero-order chi connectivity index (χ0) is 15.3. The van der Waals surface area contributed by atoms with Gasteiger partial charge in [0.1, 0.15) is 0 Å². The van der Waals surface area contributed by atoms with Crippen LogP contribution < -0.4 is 5.73 Å². The van der Waals surface area contributed by atoms with Gasteiger partial charge in [0.05, 0.1) is 0 Å². The SMILES string of the molecule is CC1(C)c2ccccc2-c2cc(N)cc(-c3ccccc3)c21. The number of rotatable bonds is 1. The Labute approximate surface area is 131 Å². The fraction of sp³-hybridized carbons (Fsp3) is 0.143. The predicted molar refractivity (Wildman–Crippen MR) is 93.9 cm³/mol. The number of benzene rings is 3. The van der Waals surface area contributed by atoms with Gasteiger partial charge in [-0.1, -0.05) is 68.4 Å². The zero-order valence-corrected chi connectivity index (χ0v) is 12.9. The van der Waals surface area contributed by atoms with Crippen molar-refractivity contribution in [3.63, 3.8) is 0 Å². The number of nitrogens with two attached hydrogens (primary N) is 1. The largest absolute Gasteiger partial charge is 0.399 e. The summed E-state index contributed by atoms with van der Waals surface area (Å²) in [6.45, 7) is 4.61. The van der Waals surface area contributed by atoms with Gasteiger partial charge in [0.25, 0.3) is 0 Å². The van der Waals surface area contributed by atoms with Gasteiger partial charge in [-0.2, -0.15) is 0 Å². The van der Waals surface area contributed by atoms with E-state index in [2.05, 4.69) is 80.6 Å². The molecule has 108 valence electrons. The van der Waals surface area contributed by atoms with E-state index in [1.807, 2.05) is 0 Å². The molecule has 0 unspecified atom stereocenters. The summed E-state index contributed by atoms with van der Waals surface area (Å²) in [4.78, 5) is 0. The van der Waals surface area contributed by atoms with E-state index >= 15 is 0 Å². The Morgan fingerprint density at radius 2 is 1.36 bits per heavy atom. The Morgan fingerprint density at radius 1 is 0.727 bits per heavy atom. The van der Waals surface area contributed by atoms with Crippen molar-refractivity contribution in [2.24, 2.45) is 0 Å². The first-order valence-electron chi connectivity index (χ1n) is 7.68. The lowest BCUT2D eigenvalue weighted by Crippen LogP contribution is -2.16. The van der Waals surface area contributed by atoms with Crippen molar-refractivity contribution in [1.82, 2.24) is 0 Å². The lowest BCUT2D eigenvalue weighted by Gasteiger charge is -2.24. The van der Waals surface area contributed by atoms with Crippen LogP contribution in [0.15, 0.2) is 66.7 Å². The standard InChI is InChI=1S/C21H19N/c1-21(2)19-11-7-6-10-16(19)18-13-15(22)12-17(20(18)21)14-8-4-3-5-9-14/h3-13H,22H2,1-2H3. The van der Waals surface area contributed by atoms with Crippen LogP contribution >= 0.6 is 0 Å². The average molecular weight is 285 g/mol. The molecule has 1 heteroatoms. The Kier molecular flexibility index (Phi) is 2.67. The van der Waals surface area contributed by atoms with Crippen molar-refractivity contribution in [3.8, 4) is 22.3 Å². The molecule has 0 bridgehead atoms. The molecule has 0 amide bonds. The number of hydrogen-bond acceptors (Lipinski definition) is 1. The molecule has 2 N–H and O–H groups in total. The van der Waals surface area contributed by atoms with Crippen molar-refractivity contribution >= 4 is 5.69 Å². The third kappa shape index (κ3) is 1.72. The predicted octanol–water partition coefficient (Wildman–Crippen LogP) is 5.24. The first-order chi connectivity index (χ1) is 10.6. The second-order valence-corrected chi connectivity index (χ2v) is 6.53.